The van der Waals surface area contributed by atoms with Crippen LogP contribution < -0.4 is 15.0 Å². The van der Waals surface area contributed by atoms with Crippen molar-refractivity contribution >= 4 is 17.3 Å². The van der Waals surface area contributed by atoms with Gasteiger partial charge >= 0.3 is 0 Å². The third-order valence-corrected chi connectivity index (χ3v) is 5.34. The van der Waals surface area contributed by atoms with Gasteiger partial charge in [0.2, 0.25) is 12.2 Å². The summed E-state index contributed by atoms with van der Waals surface area (Å²) in [5.41, 5.74) is 1.76. The van der Waals surface area contributed by atoms with Gasteiger partial charge in [0.05, 0.1) is 24.3 Å². The lowest BCUT2D eigenvalue weighted by Gasteiger charge is -2.37. The molecule has 9 nitrogen and oxygen atoms in total. The molecular formula is C23H26F2N6O3. The number of morpholine rings is 1. The fourth-order valence-electron chi connectivity index (χ4n) is 3.93. The van der Waals surface area contributed by atoms with Crippen LogP contribution in [0.1, 0.15) is 20.3 Å². The molecule has 2 heterocycles. The van der Waals surface area contributed by atoms with Gasteiger partial charge in [-0.25, -0.2) is 8.78 Å². The van der Waals surface area contributed by atoms with Gasteiger partial charge in [0, 0.05) is 24.3 Å². The Labute approximate surface area is 195 Å². The zero-order chi connectivity index (χ0) is 24.1. The number of alkyl halides is 2. The predicted octanol–water partition coefficient (Wildman–Crippen LogP) is 3.52. The Morgan fingerprint density at radius 1 is 1.21 bits per heavy atom. The number of rotatable bonds is 8. The smallest absolute Gasteiger partial charge is 0.265 e. The second-order valence-electron chi connectivity index (χ2n) is 8.16. The van der Waals surface area contributed by atoms with Gasteiger partial charge in [-0.05, 0) is 49.4 Å². The monoisotopic (exact) mass is 472 g/mol. The molecular weight excluding hydrogens is 446 g/mol. The van der Waals surface area contributed by atoms with E-state index < -0.39 is 24.9 Å². The van der Waals surface area contributed by atoms with Crippen LogP contribution in [0.2, 0.25) is 0 Å². The minimum Gasteiger partial charge on any atom is -0.480 e. The Bertz CT molecular complexity index is 1070. The maximum Gasteiger partial charge on any atom is 0.265 e. The van der Waals surface area contributed by atoms with Crippen LogP contribution in [0.15, 0.2) is 48.5 Å². The first kappa shape index (κ1) is 23.6. The highest BCUT2D eigenvalue weighted by Gasteiger charge is 2.27. The maximum atomic E-state index is 13.2. The number of tetrazole rings is 1. The predicted molar refractivity (Wildman–Crippen MR) is 122 cm³/mol. The number of anilines is 2. The standard InChI is InChI=1S/C23H26F2N6O3/c1-14-12-31(13-15(2)33-14)16-8-9-19(18(10-16)22-27-29-30-28-22)26-23(32)20(11-21(24)25)34-17-6-4-3-5-7-17/h3-10,14-15,20-21H,11-13H2,1-2H3,(H,26,32)(H,27,28,29,30)/t14-,15?,20-/m0/s1. The summed E-state index contributed by atoms with van der Waals surface area (Å²) < 4.78 is 37.8. The van der Waals surface area contributed by atoms with E-state index in [4.69, 9.17) is 9.47 Å². The Morgan fingerprint density at radius 3 is 2.59 bits per heavy atom. The number of ether oxygens (including phenoxy) is 2. The molecule has 34 heavy (non-hydrogen) atoms. The summed E-state index contributed by atoms with van der Waals surface area (Å²) in [6.45, 7) is 5.41. The van der Waals surface area contributed by atoms with E-state index in [2.05, 4.69) is 30.8 Å². The molecule has 0 spiro atoms. The highest BCUT2D eigenvalue weighted by molar-refractivity contribution is 5.98. The van der Waals surface area contributed by atoms with E-state index >= 15 is 0 Å². The zero-order valence-electron chi connectivity index (χ0n) is 18.8. The molecule has 0 bridgehead atoms. The average molecular weight is 472 g/mol. The molecule has 0 saturated carbocycles. The highest BCUT2D eigenvalue weighted by Crippen LogP contribution is 2.32. The summed E-state index contributed by atoms with van der Waals surface area (Å²) in [5.74, 6) is -0.108. The number of carbonyl (C=O) groups is 1. The van der Waals surface area contributed by atoms with Crippen molar-refractivity contribution in [2.75, 3.05) is 23.3 Å². The van der Waals surface area contributed by atoms with Crippen molar-refractivity contribution < 1.29 is 23.0 Å². The van der Waals surface area contributed by atoms with E-state index in [1.54, 1.807) is 36.4 Å². The molecule has 3 atom stereocenters. The summed E-state index contributed by atoms with van der Waals surface area (Å²) in [6.07, 6.45) is -4.74. The van der Waals surface area contributed by atoms with Gasteiger partial charge in [-0.2, -0.15) is 5.21 Å². The first-order valence-corrected chi connectivity index (χ1v) is 11.0. The SMILES string of the molecule is CC1CN(c2ccc(NC(=O)[C@H](CC(F)F)Oc3ccccc3)c(-c3nn[nH]n3)c2)C[C@H](C)O1. The van der Waals surface area contributed by atoms with Crippen LogP contribution in [0.5, 0.6) is 5.75 Å². The summed E-state index contributed by atoms with van der Waals surface area (Å²) in [6, 6.07) is 13.8. The van der Waals surface area contributed by atoms with E-state index in [1.165, 1.54) is 0 Å². The molecule has 1 aromatic heterocycles. The number of H-pyrrole nitrogens is 1. The van der Waals surface area contributed by atoms with Crippen LogP contribution in [-0.2, 0) is 9.53 Å². The van der Waals surface area contributed by atoms with Crippen molar-refractivity contribution in [3.8, 4) is 17.1 Å². The average Bonchev–Trinajstić information content (AvgIpc) is 3.33. The van der Waals surface area contributed by atoms with E-state index in [-0.39, 0.29) is 18.0 Å². The number of amides is 1. The molecule has 0 radical (unpaired) electrons. The van der Waals surface area contributed by atoms with Gasteiger partial charge in [-0.3, -0.25) is 4.79 Å². The third kappa shape index (κ3) is 5.84. The molecule has 1 fully saturated rings. The van der Waals surface area contributed by atoms with E-state index in [9.17, 15) is 13.6 Å². The molecule has 1 unspecified atom stereocenters. The zero-order valence-corrected chi connectivity index (χ0v) is 18.8. The molecule has 180 valence electrons. The fourth-order valence-corrected chi connectivity index (χ4v) is 3.93. The summed E-state index contributed by atoms with van der Waals surface area (Å²) in [7, 11) is 0. The molecule has 3 aromatic rings. The van der Waals surface area contributed by atoms with Crippen molar-refractivity contribution in [3.63, 3.8) is 0 Å². The molecule has 4 rings (SSSR count). The highest BCUT2D eigenvalue weighted by atomic mass is 19.3. The molecule has 1 aliphatic rings. The number of aromatic amines is 1. The largest absolute Gasteiger partial charge is 0.480 e. The van der Waals surface area contributed by atoms with Gasteiger partial charge < -0.3 is 19.7 Å². The Morgan fingerprint density at radius 2 is 1.94 bits per heavy atom. The third-order valence-electron chi connectivity index (χ3n) is 5.34. The summed E-state index contributed by atoms with van der Waals surface area (Å²) >= 11 is 0. The first-order valence-electron chi connectivity index (χ1n) is 11.0. The van der Waals surface area contributed by atoms with Gasteiger partial charge in [0.1, 0.15) is 5.75 Å². The van der Waals surface area contributed by atoms with Crippen molar-refractivity contribution in [2.24, 2.45) is 0 Å². The van der Waals surface area contributed by atoms with Crippen molar-refractivity contribution in [1.82, 2.24) is 20.6 Å². The number of benzene rings is 2. The van der Waals surface area contributed by atoms with Crippen molar-refractivity contribution in [1.29, 1.82) is 0 Å². The number of hydrogen-bond donors (Lipinski definition) is 2. The molecule has 0 aliphatic carbocycles. The number of nitrogens with one attached hydrogen (secondary N) is 2. The topological polar surface area (TPSA) is 105 Å². The number of carbonyl (C=O) groups excluding carboxylic acids is 1. The molecule has 1 amide bonds. The number of nitrogens with zero attached hydrogens (tertiary/aromatic N) is 4. The Kier molecular flexibility index (Phi) is 7.31. The maximum absolute atomic E-state index is 13.2. The normalized spacial score (nSPS) is 19.1. The second-order valence-corrected chi connectivity index (χ2v) is 8.16. The fraction of sp³-hybridized carbons (Fsp3) is 0.391. The Balaban J connectivity index is 1.60. The van der Waals surface area contributed by atoms with E-state index in [0.29, 0.717) is 30.1 Å². The van der Waals surface area contributed by atoms with Crippen LogP contribution in [-0.4, -0.2) is 64.4 Å². The van der Waals surface area contributed by atoms with Crippen LogP contribution in [0.25, 0.3) is 11.4 Å². The van der Waals surface area contributed by atoms with Gasteiger partial charge in [0.25, 0.3) is 5.91 Å². The minimum atomic E-state index is -2.72. The van der Waals surface area contributed by atoms with Crippen LogP contribution in [0.3, 0.4) is 0 Å². The van der Waals surface area contributed by atoms with Crippen LogP contribution in [0.4, 0.5) is 20.2 Å². The van der Waals surface area contributed by atoms with E-state index in [0.717, 1.165) is 5.69 Å². The Hall–Kier alpha value is -3.60. The summed E-state index contributed by atoms with van der Waals surface area (Å²) in [4.78, 5) is 15.2. The van der Waals surface area contributed by atoms with Gasteiger partial charge in [-0.1, -0.05) is 18.2 Å². The van der Waals surface area contributed by atoms with Crippen molar-refractivity contribution in [3.05, 3.63) is 48.5 Å². The summed E-state index contributed by atoms with van der Waals surface area (Å²) in [5, 5.41) is 16.8. The minimum absolute atomic E-state index is 0.0574. The number of hydrogen-bond acceptors (Lipinski definition) is 7. The van der Waals surface area contributed by atoms with Crippen LogP contribution >= 0.6 is 0 Å². The molecule has 2 aromatic carbocycles. The van der Waals surface area contributed by atoms with Gasteiger partial charge in [-0.15, -0.1) is 10.2 Å². The second kappa shape index (κ2) is 10.6. The number of halogens is 2. The molecule has 11 heteroatoms. The number of para-hydroxylation sites is 1. The van der Waals surface area contributed by atoms with Crippen molar-refractivity contribution in [2.45, 2.75) is 45.0 Å². The lowest BCUT2D eigenvalue weighted by atomic mass is 10.1. The van der Waals surface area contributed by atoms with E-state index in [1.807, 2.05) is 26.0 Å². The molecule has 1 aliphatic heterocycles. The first-order chi connectivity index (χ1) is 16.4. The van der Waals surface area contributed by atoms with Gasteiger partial charge in [0.15, 0.2) is 6.10 Å². The number of aromatic nitrogens is 4. The lowest BCUT2D eigenvalue weighted by molar-refractivity contribution is -0.124. The lowest BCUT2D eigenvalue weighted by Crippen LogP contribution is -2.45. The molecule has 1 saturated heterocycles. The van der Waals surface area contributed by atoms with Crippen LogP contribution in [0, 0.1) is 0 Å². The molecule has 2 N–H and O–H groups in total. The quantitative estimate of drug-likeness (QED) is 0.517.